The van der Waals surface area contributed by atoms with Crippen LogP contribution < -0.4 is 5.32 Å². The topological polar surface area (TPSA) is 41.6 Å². The maximum atomic E-state index is 11.7. The van der Waals surface area contributed by atoms with Crippen molar-refractivity contribution in [1.82, 2.24) is 10.2 Å². The van der Waals surface area contributed by atoms with E-state index in [1.54, 1.807) is 6.92 Å². The molecule has 1 fully saturated rings. The van der Waals surface area contributed by atoms with Gasteiger partial charge in [-0.1, -0.05) is 29.7 Å². The number of ether oxygens (including phenoxy) is 1. The Hall–Kier alpha value is -1.54. The lowest BCUT2D eigenvalue weighted by Gasteiger charge is -2.42. The number of hydrogen-bond acceptors (Lipinski definition) is 3. The number of nitrogens with zero attached hydrogens (tertiary/aromatic N) is 1. The molecule has 4 nitrogen and oxygen atoms in total. The van der Waals surface area contributed by atoms with E-state index in [1.165, 1.54) is 0 Å². The fourth-order valence-corrected chi connectivity index (χ4v) is 2.93. The highest BCUT2D eigenvalue weighted by Crippen LogP contribution is 2.27. The van der Waals surface area contributed by atoms with Gasteiger partial charge in [0.05, 0.1) is 18.2 Å². The first-order valence-corrected chi connectivity index (χ1v) is 8.13. The van der Waals surface area contributed by atoms with Gasteiger partial charge in [0.2, 0.25) is 0 Å². The van der Waals surface area contributed by atoms with Gasteiger partial charge in [-0.15, -0.1) is 0 Å². The molecule has 1 aromatic rings. The van der Waals surface area contributed by atoms with E-state index in [0.717, 1.165) is 18.7 Å². The third-order valence-corrected chi connectivity index (χ3v) is 4.10. The maximum absolute atomic E-state index is 11.7. The van der Waals surface area contributed by atoms with Crippen molar-refractivity contribution in [3.8, 4) is 11.8 Å². The Bertz CT molecular complexity index is 602. The van der Waals surface area contributed by atoms with Crippen molar-refractivity contribution in [2.75, 3.05) is 26.2 Å². The zero-order valence-electron chi connectivity index (χ0n) is 13.9. The number of benzene rings is 1. The SMILES string of the molecule is CC#CC(=O)NCC(c1ccc(Cl)cc1)N1CCOC(C)(C)C1. The summed E-state index contributed by atoms with van der Waals surface area (Å²) < 4.78 is 5.79. The summed E-state index contributed by atoms with van der Waals surface area (Å²) >= 11 is 5.99. The Morgan fingerprint density at radius 2 is 2.13 bits per heavy atom. The summed E-state index contributed by atoms with van der Waals surface area (Å²) in [6, 6.07) is 7.84. The van der Waals surface area contributed by atoms with Crippen LogP contribution in [0.3, 0.4) is 0 Å². The number of halogens is 1. The van der Waals surface area contributed by atoms with Gasteiger partial charge < -0.3 is 10.1 Å². The average Bonchev–Trinajstić information content (AvgIpc) is 2.48. The summed E-state index contributed by atoms with van der Waals surface area (Å²) in [5.74, 6) is 4.88. The quantitative estimate of drug-likeness (QED) is 0.861. The fourth-order valence-electron chi connectivity index (χ4n) is 2.81. The molecule has 0 bridgehead atoms. The van der Waals surface area contributed by atoms with Gasteiger partial charge in [0.25, 0.3) is 5.91 Å². The standard InChI is InChI=1S/C18H23ClN2O2/c1-4-5-17(22)20-12-16(14-6-8-15(19)9-7-14)21-10-11-23-18(2,3)13-21/h6-9,16H,10-13H2,1-3H3,(H,20,22). The molecule has 0 aliphatic carbocycles. The van der Waals surface area contributed by atoms with Crippen LogP contribution in [0.25, 0.3) is 0 Å². The molecule has 1 saturated heterocycles. The molecule has 1 aromatic carbocycles. The van der Waals surface area contributed by atoms with Crippen LogP contribution in [0.2, 0.25) is 5.02 Å². The van der Waals surface area contributed by atoms with E-state index >= 15 is 0 Å². The molecule has 2 rings (SSSR count). The van der Waals surface area contributed by atoms with Crippen molar-refractivity contribution in [2.24, 2.45) is 0 Å². The monoisotopic (exact) mass is 334 g/mol. The van der Waals surface area contributed by atoms with Crippen LogP contribution in [0.15, 0.2) is 24.3 Å². The minimum absolute atomic E-state index is 0.0676. The van der Waals surface area contributed by atoms with Gasteiger partial charge in [-0.05, 0) is 44.4 Å². The molecule has 1 N–H and O–H groups in total. The first-order valence-electron chi connectivity index (χ1n) is 7.75. The molecule has 1 amide bonds. The van der Waals surface area contributed by atoms with E-state index in [0.29, 0.717) is 18.2 Å². The molecule has 1 aliphatic heterocycles. The van der Waals surface area contributed by atoms with E-state index in [9.17, 15) is 4.79 Å². The van der Waals surface area contributed by atoms with E-state index in [2.05, 4.69) is 35.9 Å². The summed E-state index contributed by atoms with van der Waals surface area (Å²) in [6.07, 6.45) is 0. The van der Waals surface area contributed by atoms with Crippen molar-refractivity contribution in [3.05, 3.63) is 34.9 Å². The van der Waals surface area contributed by atoms with Crippen LogP contribution in [-0.4, -0.2) is 42.6 Å². The fraction of sp³-hybridized carbons (Fsp3) is 0.500. The van der Waals surface area contributed by atoms with Gasteiger partial charge in [0.15, 0.2) is 0 Å². The lowest BCUT2D eigenvalue weighted by atomic mass is 10.0. The zero-order valence-corrected chi connectivity index (χ0v) is 14.6. The molecule has 5 heteroatoms. The highest BCUT2D eigenvalue weighted by molar-refractivity contribution is 6.30. The van der Waals surface area contributed by atoms with E-state index in [1.807, 2.05) is 24.3 Å². The Morgan fingerprint density at radius 1 is 1.43 bits per heavy atom. The Kier molecular flexibility index (Phi) is 6.06. The summed E-state index contributed by atoms with van der Waals surface area (Å²) in [4.78, 5) is 14.0. The average molecular weight is 335 g/mol. The molecular formula is C18H23ClN2O2. The minimum Gasteiger partial charge on any atom is -0.373 e. The highest BCUT2D eigenvalue weighted by atomic mass is 35.5. The summed E-state index contributed by atoms with van der Waals surface area (Å²) in [6.45, 7) is 8.63. The van der Waals surface area contributed by atoms with Crippen molar-refractivity contribution in [3.63, 3.8) is 0 Å². The van der Waals surface area contributed by atoms with Crippen molar-refractivity contribution in [2.45, 2.75) is 32.4 Å². The number of amides is 1. The number of carbonyl (C=O) groups excluding carboxylic acids is 1. The molecule has 124 valence electrons. The van der Waals surface area contributed by atoms with Gasteiger partial charge >= 0.3 is 0 Å². The molecule has 1 unspecified atom stereocenters. The molecule has 0 spiro atoms. The zero-order chi connectivity index (χ0) is 16.9. The third-order valence-electron chi connectivity index (χ3n) is 3.85. The van der Waals surface area contributed by atoms with Crippen LogP contribution in [0.4, 0.5) is 0 Å². The summed E-state index contributed by atoms with van der Waals surface area (Å²) in [5, 5.41) is 3.60. The molecule has 1 atom stereocenters. The van der Waals surface area contributed by atoms with Crippen LogP contribution in [-0.2, 0) is 9.53 Å². The van der Waals surface area contributed by atoms with Gasteiger partial charge in [-0.25, -0.2) is 0 Å². The second-order valence-corrected chi connectivity index (χ2v) is 6.67. The number of carbonyl (C=O) groups is 1. The Morgan fingerprint density at radius 3 is 2.74 bits per heavy atom. The predicted octanol–water partition coefficient (Wildman–Crippen LogP) is 2.63. The molecule has 1 aliphatic rings. The van der Waals surface area contributed by atoms with Gasteiger partial charge in [0.1, 0.15) is 0 Å². The van der Waals surface area contributed by atoms with Crippen molar-refractivity contribution in [1.29, 1.82) is 0 Å². The first-order chi connectivity index (χ1) is 10.9. The van der Waals surface area contributed by atoms with E-state index < -0.39 is 0 Å². The molecule has 0 aromatic heterocycles. The molecular weight excluding hydrogens is 312 g/mol. The van der Waals surface area contributed by atoms with Crippen LogP contribution >= 0.6 is 11.6 Å². The lowest BCUT2D eigenvalue weighted by Crippen LogP contribution is -2.51. The van der Waals surface area contributed by atoms with Crippen molar-refractivity contribution >= 4 is 17.5 Å². The molecule has 1 heterocycles. The molecule has 23 heavy (non-hydrogen) atoms. The number of nitrogens with one attached hydrogen (secondary N) is 1. The number of rotatable bonds is 4. The Balaban J connectivity index is 2.17. The minimum atomic E-state index is -0.251. The lowest BCUT2D eigenvalue weighted by molar-refractivity contribution is -0.116. The molecule has 0 radical (unpaired) electrons. The Labute approximate surface area is 143 Å². The summed E-state index contributed by atoms with van der Waals surface area (Å²) in [7, 11) is 0. The number of hydrogen-bond donors (Lipinski definition) is 1. The summed E-state index contributed by atoms with van der Waals surface area (Å²) in [5.41, 5.74) is 0.924. The smallest absolute Gasteiger partial charge is 0.295 e. The van der Waals surface area contributed by atoms with Crippen molar-refractivity contribution < 1.29 is 9.53 Å². The third kappa shape index (κ3) is 5.24. The van der Waals surface area contributed by atoms with E-state index in [4.69, 9.17) is 16.3 Å². The maximum Gasteiger partial charge on any atom is 0.295 e. The second-order valence-electron chi connectivity index (χ2n) is 6.23. The number of morpholine rings is 1. The van der Waals surface area contributed by atoms with Gasteiger partial charge in [-0.2, -0.15) is 0 Å². The second kappa shape index (κ2) is 7.83. The van der Waals surface area contributed by atoms with Crippen LogP contribution in [0, 0.1) is 11.8 Å². The normalized spacial score (nSPS) is 18.6. The largest absolute Gasteiger partial charge is 0.373 e. The molecule has 0 saturated carbocycles. The van der Waals surface area contributed by atoms with Gasteiger partial charge in [0, 0.05) is 24.7 Å². The van der Waals surface area contributed by atoms with Crippen LogP contribution in [0.5, 0.6) is 0 Å². The highest BCUT2D eigenvalue weighted by Gasteiger charge is 2.32. The van der Waals surface area contributed by atoms with E-state index in [-0.39, 0.29) is 17.6 Å². The first kappa shape index (κ1) is 17.8. The van der Waals surface area contributed by atoms with Crippen LogP contribution in [0.1, 0.15) is 32.4 Å². The predicted molar refractivity (Wildman–Crippen MR) is 92.3 cm³/mol. The van der Waals surface area contributed by atoms with Gasteiger partial charge in [-0.3, -0.25) is 9.69 Å².